The largest absolute Gasteiger partial charge is 0.480 e. The molecule has 0 saturated carbocycles. The van der Waals surface area contributed by atoms with Gasteiger partial charge in [0, 0.05) is 12.1 Å². The highest BCUT2D eigenvalue weighted by Crippen LogP contribution is 2.33. The number of benzene rings is 3. The topological polar surface area (TPSA) is 40.5 Å². The van der Waals surface area contributed by atoms with Crippen LogP contribution in [0.1, 0.15) is 42.6 Å². The Morgan fingerprint density at radius 2 is 1.17 bits per heavy atom. The smallest absolute Gasteiger partial charge is 0.324 e. The molecule has 0 aromatic heterocycles. The molecule has 0 aliphatic rings. The number of aliphatic carboxylic acids is 1. The number of hydrogen-bond donors (Lipinski definition) is 1. The minimum atomic E-state index is -0.859. The van der Waals surface area contributed by atoms with Gasteiger partial charge in [-0.3, -0.25) is 9.69 Å². The van der Waals surface area contributed by atoms with Gasteiger partial charge in [0.25, 0.3) is 0 Å². The van der Waals surface area contributed by atoms with Crippen LogP contribution in [0.25, 0.3) is 6.08 Å². The van der Waals surface area contributed by atoms with E-state index in [0.29, 0.717) is 0 Å². The lowest BCUT2D eigenvalue weighted by molar-refractivity contribution is -0.143. The van der Waals surface area contributed by atoms with Crippen molar-refractivity contribution in [2.45, 2.75) is 32.0 Å². The van der Waals surface area contributed by atoms with Gasteiger partial charge in [0.2, 0.25) is 0 Å². The first kappa shape index (κ1) is 20.6. The molecule has 0 bridgehead atoms. The summed E-state index contributed by atoms with van der Waals surface area (Å²) in [6, 6.07) is 29.0. The number of nitrogens with zero attached hydrogens (tertiary/aromatic N) is 1. The van der Waals surface area contributed by atoms with Crippen LogP contribution in [-0.4, -0.2) is 22.0 Å². The van der Waals surface area contributed by atoms with Crippen LogP contribution in [0.3, 0.4) is 0 Å². The third kappa shape index (κ3) is 5.21. The molecule has 0 heterocycles. The number of rotatable bonds is 8. The van der Waals surface area contributed by atoms with Crippen LogP contribution < -0.4 is 0 Å². The molecule has 0 amide bonds. The van der Waals surface area contributed by atoms with E-state index < -0.39 is 12.0 Å². The summed E-state index contributed by atoms with van der Waals surface area (Å²) >= 11 is 0. The molecule has 148 valence electrons. The van der Waals surface area contributed by atoms with Crippen molar-refractivity contribution < 1.29 is 9.90 Å². The Kier molecular flexibility index (Phi) is 6.99. The maximum Gasteiger partial charge on any atom is 0.324 e. The van der Waals surface area contributed by atoms with Crippen LogP contribution in [0.2, 0.25) is 0 Å². The first-order valence-electron chi connectivity index (χ1n) is 9.91. The summed E-state index contributed by atoms with van der Waals surface area (Å²) in [5.41, 5.74) is 3.17. The molecule has 0 unspecified atom stereocenters. The molecule has 3 heteroatoms. The molecule has 3 nitrogen and oxygen atoms in total. The van der Waals surface area contributed by atoms with E-state index >= 15 is 0 Å². The Labute approximate surface area is 172 Å². The minimum absolute atomic E-state index is 0.0760. The summed E-state index contributed by atoms with van der Waals surface area (Å²) < 4.78 is 0. The van der Waals surface area contributed by atoms with E-state index in [9.17, 15) is 9.90 Å². The van der Waals surface area contributed by atoms with Crippen molar-refractivity contribution in [3.8, 4) is 0 Å². The Balaban J connectivity index is 2.01. The van der Waals surface area contributed by atoms with E-state index in [1.165, 1.54) is 0 Å². The van der Waals surface area contributed by atoms with Crippen molar-refractivity contribution in [3.63, 3.8) is 0 Å². The molecule has 3 atom stereocenters. The third-order valence-electron chi connectivity index (χ3n) is 5.30. The Morgan fingerprint density at radius 3 is 1.59 bits per heavy atom. The summed E-state index contributed by atoms with van der Waals surface area (Å²) in [6.07, 6.45) is 3.68. The molecule has 0 radical (unpaired) electrons. The molecule has 3 rings (SSSR count). The molecule has 0 saturated heterocycles. The zero-order chi connectivity index (χ0) is 20.6. The summed E-state index contributed by atoms with van der Waals surface area (Å²) in [7, 11) is 0. The normalized spacial score (nSPS) is 14.6. The van der Waals surface area contributed by atoms with E-state index in [2.05, 4.69) is 43.0 Å². The number of carboxylic acids is 1. The van der Waals surface area contributed by atoms with Gasteiger partial charge in [0.15, 0.2) is 0 Å². The first-order valence-corrected chi connectivity index (χ1v) is 9.91. The fraction of sp³-hybridized carbons (Fsp3) is 0.192. The lowest BCUT2D eigenvalue weighted by Crippen LogP contribution is -2.43. The monoisotopic (exact) mass is 385 g/mol. The van der Waals surface area contributed by atoms with Crippen molar-refractivity contribution in [3.05, 3.63) is 114 Å². The summed E-state index contributed by atoms with van der Waals surface area (Å²) in [5, 5.41) is 10.1. The maximum absolute atomic E-state index is 12.3. The van der Waals surface area contributed by atoms with Gasteiger partial charge in [-0.05, 0) is 30.5 Å². The van der Waals surface area contributed by atoms with Crippen molar-refractivity contribution in [1.29, 1.82) is 0 Å². The van der Waals surface area contributed by atoms with E-state index in [0.717, 1.165) is 16.7 Å². The lowest BCUT2D eigenvalue weighted by Gasteiger charge is -2.38. The zero-order valence-electron chi connectivity index (χ0n) is 16.8. The molecule has 0 aliphatic heterocycles. The SMILES string of the molecule is C[C@@H](c1ccccc1)N([C@H](/C=C/c1ccccc1)C(=O)O)[C@@H](C)c1ccccc1. The van der Waals surface area contributed by atoms with E-state index in [-0.39, 0.29) is 12.1 Å². The lowest BCUT2D eigenvalue weighted by atomic mass is 9.98. The molecule has 3 aromatic carbocycles. The second kappa shape index (κ2) is 9.85. The van der Waals surface area contributed by atoms with Gasteiger partial charge < -0.3 is 5.11 Å². The fourth-order valence-electron chi connectivity index (χ4n) is 3.70. The van der Waals surface area contributed by atoms with Crippen LogP contribution in [0.5, 0.6) is 0 Å². The predicted molar refractivity (Wildman–Crippen MR) is 118 cm³/mol. The number of carbonyl (C=O) groups is 1. The molecular formula is C26H27NO2. The standard InChI is InChI=1S/C26H27NO2/c1-20(23-14-8-4-9-15-23)27(21(2)24-16-10-5-11-17-24)25(26(28)29)19-18-22-12-6-3-7-13-22/h3-21,25H,1-2H3,(H,28,29)/b19-18+/t20-,21-,25+/m0/s1. The van der Waals surface area contributed by atoms with Gasteiger partial charge in [0.05, 0.1) is 0 Å². The van der Waals surface area contributed by atoms with Crippen molar-refractivity contribution in [2.24, 2.45) is 0 Å². The molecule has 29 heavy (non-hydrogen) atoms. The van der Waals surface area contributed by atoms with E-state index in [1.54, 1.807) is 6.08 Å². The van der Waals surface area contributed by atoms with Crippen molar-refractivity contribution in [2.75, 3.05) is 0 Å². The Bertz CT molecular complexity index is 877. The van der Waals surface area contributed by atoms with Crippen molar-refractivity contribution >= 4 is 12.0 Å². The average molecular weight is 386 g/mol. The second-order valence-corrected chi connectivity index (χ2v) is 7.17. The number of hydrogen-bond acceptors (Lipinski definition) is 2. The van der Waals surface area contributed by atoms with Gasteiger partial charge in [-0.25, -0.2) is 0 Å². The predicted octanol–water partition coefficient (Wildman–Crippen LogP) is 5.98. The quantitative estimate of drug-likeness (QED) is 0.519. The van der Waals surface area contributed by atoms with Crippen LogP contribution in [0.15, 0.2) is 97.1 Å². The summed E-state index contributed by atoms with van der Waals surface area (Å²) in [4.78, 5) is 14.4. The first-order chi connectivity index (χ1) is 14.1. The maximum atomic E-state index is 12.3. The van der Waals surface area contributed by atoms with Crippen LogP contribution in [0, 0.1) is 0 Å². The van der Waals surface area contributed by atoms with Gasteiger partial charge >= 0.3 is 5.97 Å². The molecule has 0 aliphatic carbocycles. The van der Waals surface area contributed by atoms with Crippen LogP contribution in [0.4, 0.5) is 0 Å². The second-order valence-electron chi connectivity index (χ2n) is 7.17. The minimum Gasteiger partial charge on any atom is -0.480 e. The third-order valence-corrected chi connectivity index (χ3v) is 5.30. The molecular weight excluding hydrogens is 358 g/mol. The van der Waals surface area contributed by atoms with Gasteiger partial charge in [0.1, 0.15) is 6.04 Å². The molecule has 0 spiro atoms. The average Bonchev–Trinajstić information content (AvgIpc) is 2.77. The highest BCUT2D eigenvalue weighted by molar-refractivity contribution is 5.77. The van der Waals surface area contributed by atoms with Gasteiger partial charge in [-0.1, -0.05) is 103 Å². The highest BCUT2D eigenvalue weighted by atomic mass is 16.4. The molecule has 3 aromatic rings. The Morgan fingerprint density at radius 1 is 0.759 bits per heavy atom. The van der Waals surface area contributed by atoms with Crippen molar-refractivity contribution in [1.82, 2.24) is 4.90 Å². The zero-order valence-corrected chi connectivity index (χ0v) is 16.8. The fourth-order valence-corrected chi connectivity index (χ4v) is 3.70. The van der Waals surface area contributed by atoms with Crippen LogP contribution in [-0.2, 0) is 4.79 Å². The summed E-state index contributed by atoms with van der Waals surface area (Å²) in [6.45, 7) is 4.14. The Hall–Kier alpha value is -3.17. The summed E-state index contributed by atoms with van der Waals surface area (Å²) in [5.74, 6) is -0.859. The van der Waals surface area contributed by atoms with Gasteiger partial charge in [-0.2, -0.15) is 0 Å². The molecule has 0 fully saturated rings. The number of carboxylic acid groups (broad SMARTS) is 1. The van der Waals surface area contributed by atoms with E-state index in [4.69, 9.17) is 0 Å². The highest BCUT2D eigenvalue weighted by Gasteiger charge is 2.32. The van der Waals surface area contributed by atoms with Gasteiger partial charge in [-0.15, -0.1) is 0 Å². The molecule has 1 N–H and O–H groups in total. The van der Waals surface area contributed by atoms with E-state index in [1.807, 2.05) is 72.8 Å². The van der Waals surface area contributed by atoms with Crippen LogP contribution >= 0.6 is 0 Å².